The predicted octanol–water partition coefficient (Wildman–Crippen LogP) is -3.23. The maximum atomic E-state index is 10.6. The standard InChI is InChI=1S/C9H6O6.V/c10-7(11)4-2-1-3-5(8(12)13)6(4)9(14)15;/h1-3H,(H,10,11)(H,12,13)(H,14,15);/p-3. The van der Waals surface area contributed by atoms with E-state index >= 15 is 0 Å². The quantitative estimate of drug-likeness (QED) is 0.562. The molecule has 0 amide bonds. The van der Waals surface area contributed by atoms with Gasteiger partial charge in [0, 0.05) is 35.2 Å². The van der Waals surface area contributed by atoms with Crippen molar-refractivity contribution in [2.75, 3.05) is 0 Å². The Kier molecular flexibility index (Phi) is 4.74. The molecule has 1 aromatic rings. The Morgan fingerprint density at radius 2 is 1.19 bits per heavy atom. The predicted molar refractivity (Wildman–Crippen MR) is 39.4 cm³/mol. The Morgan fingerprint density at radius 3 is 1.44 bits per heavy atom. The van der Waals surface area contributed by atoms with Crippen molar-refractivity contribution in [3.8, 4) is 0 Å². The third-order valence-electron chi connectivity index (χ3n) is 1.71. The SMILES string of the molecule is O=C([O-])c1cccc(C(=O)[O-])c1C(=O)[O-].[V]. The monoisotopic (exact) mass is 258 g/mol. The van der Waals surface area contributed by atoms with Crippen LogP contribution >= 0.6 is 0 Å². The summed E-state index contributed by atoms with van der Waals surface area (Å²) in [6.45, 7) is 0. The van der Waals surface area contributed by atoms with Crippen molar-refractivity contribution in [1.29, 1.82) is 0 Å². The first-order chi connectivity index (χ1) is 6.95. The van der Waals surface area contributed by atoms with Crippen molar-refractivity contribution >= 4 is 17.9 Å². The van der Waals surface area contributed by atoms with Gasteiger partial charge in [-0.25, -0.2) is 0 Å². The number of hydrogen-bond acceptors (Lipinski definition) is 6. The molecule has 0 unspecified atom stereocenters. The maximum absolute atomic E-state index is 10.6. The molecule has 0 heterocycles. The molecule has 0 aliphatic rings. The molecule has 0 atom stereocenters. The zero-order valence-corrected chi connectivity index (χ0v) is 9.03. The van der Waals surface area contributed by atoms with Gasteiger partial charge in [0.05, 0.1) is 17.9 Å². The summed E-state index contributed by atoms with van der Waals surface area (Å²) in [5.74, 6) is -5.50. The van der Waals surface area contributed by atoms with E-state index in [4.69, 9.17) is 0 Å². The molecular formula is C9H3O6V-3. The molecular weight excluding hydrogens is 255 g/mol. The number of carbonyl (C=O) groups excluding carboxylic acids is 3. The van der Waals surface area contributed by atoms with Gasteiger partial charge in [0.25, 0.3) is 0 Å². The molecule has 0 N–H and O–H groups in total. The smallest absolute Gasteiger partial charge is 0.0728 e. The zero-order chi connectivity index (χ0) is 11.6. The molecule has 1 aromatic carbocycles. The van der Waals surface area contributed by atoms with E-state index in [0.717, 1.165) is 18.2 Å². The van der Waals surface area contributed by atoms with Crippen molar-refractivity contribution in [2.24, 2.45) is 0 Å². The number of carbonyl (C=O) groups is 3. The van der Waals surface area contributed by atoms with Crippen LogP contribution in [-0.4, -0.2) is 17.9 Å². The molecule has 0 bridgehead atoms. The van der Waals surface area contributed by atoms with E-state index in [9.17, 15) is 29.7 Å². The summed E-state index contributed by atoms with van der Waals surface area (Å²) in [5.41, 5.74) is -2.45. The molecule has 0 fully saturated rings. The summed E-state index contributed by atoms with van der Waals surface area (Å²) in [6, 6.07) is 2.89. The number of hydrogen-bond donors (Lipinski definition) is 0. The van der Waals surface area contributed by atoms with Crippen molar-refractivity contribution < 1.29 is 48.3 Å². The third kappa shape index (κ3) is 2.62. The van der Waals surface area contributed by atoms with Gasteiger partial charge >= 0.3 is 0 Å². The van der Waals surface area contributed by atoms with Crippen molar-refractivity contribution in [2.45, 2.75) is 0 Å². The minimum atomic E-state index is -1.91. The van der Waals surface area contributed by atoms with Gasteiger partial charge < -0.3 is 29.7 Å². The molecule has 16 heavy (non-hydrogen) atoms. The van der Waals surface area contributed by atoms with Crippen LogP contribution in [0.1, 0.15) is 31.1 Å². The average molecular weight is 258 g/mol. The van der Waals surface area contributed by atoms with Crippen LogP contribution in [0.25, 0.3) is 0 Å². The molecule has 7 heteroatoms. The molecule has 0 aliphatic heterocycles. The van der Waals surface area contributed by atoms with E-state index in [1.54, 1.807) is 0 Å². The number of aromatic carboxylic acids is 3. The number of carboxylic acid groups (broad SMARTS) is 3. The van der Waals surface area contributed by atoms with Crippen LogP contribution in [-0.2, 0) is 18.6 Å². The van der Waals surface area contributed by atoms with Gasteiger partial charge in [-0.1, -0.05) is 18.2 Å². The summed E-state index contributed by atoms with van der Waals surface area (Å²) < 4.78 is 0. The molecule has 83 valence electrons. The topological polar surface area (TPSA) is 120 Å². The van der Waals surface area contributed by atoms with E-state index in [2.05, 4.69) is 0 Å². The van der Waals surface area contributed by atoms with Crippen LogP contribution in [0.2, 0.25) is 0 Å². The number of benzene rings is 1. The summed E-state index contributed by atoms with van der Waals surface area (Å²) >= 11 is 0. The van der Waals surface area contributed by atoms with Gasteiger partial charge in [0.15, 0.2) is 0 Å². The van der Waals surface area contributed by atoms with Crippen LogP contribution in [0.5, 0.6) is 0 Å². The Balaban J connectivity index is 0.00000225. The molecule has 0 saturated heterocycles. The molecule has 0 aliphatic carbocycles. The molecule has 0 aromatic heterocycles. The van der Waals surface area contributed by atoms with Gasteiger partial charge in [-0.3, -0.25) is 0 Å². The van der Waals surface area contributed by atoms with Crippen LogP contribution in [0, 0.1) is 0 Å². The van der Waals surface area contributed by atoms with Gasteiger partial charge in [0.2, 0.25) is 0 Å². The van der Waals surface area contributed by atoms with Crippen molar-refractivity contribution in [3.63, 3.8) is 0 Å². The van der Waals surface area contributed by atoms with Crippen molar-refractivity contribution in [1.82, 2.24) is 0 Å². The summed E-state index contributed by atoms with van der Waals surface area (Å²) in [6.07, 6.45) is 0. The molecule has 0 spiro atoms. The second-order valence-corrected chi connectivity index (χ2v) is 2.59. The Hall–Kier alpha value is -1.79. The van der Waals surface area contributed by atoms with E-state index in [0.29, 0.717) is 0 Å². The first-order valence-corrected chi connectivity index (χ1v) is 3.72. The van der Waals surface area contributed by atoms with E-state index in [1.165, 1.54) is 0 Å². The summed E-state index contributed by atoms with van der Waals surface area (Å²) in [4.78, 5) is 31.5. The van der Waals surface area contributed by atoms with Gasteiger partial charge in [-0.2, -0.15) is 0 Å². The van der Waals surface area contributed by atoms with Gasteiger partial charge in [-0.05, 0) is 0 Å². The fourth-order valence-electron chi connectivity index (χ4n) is 1.11. The minimum absolute atomic E-state index is 0. The van der Waals surface area contributed by atoms with Crippen LogP contribution in [0.4, 0.5) is 0 Å². The zero-order valence-electron chi connectivity index (χ0n) is 7.63. The minimum Gasteiger partial charge on any atom is -0.545 e. The second kappa shape index (κ2) is 5.34. The van der Waals surface area contributed by atoms with Crippen LogP contribution in [0.15, 0.2) is 18.2 Å². The maximum Gasteiger partial charge on any atom is 0.0728 e. The average Bonchev–Trinajstić information content (AvgIpc) is 2.16. The van der Waals surface area contributed by atoms with E-state index in [1.807, 2.05) is 0 Å². The largest absolute Gasteiger partial charge is 0.545 e. The summed E-state index contributed by atoms with van der Waals surface area (Å²) in [7, 11) is 0. The molecule has 1 rings (SSSR count). The number of carboxylic acids is 3. The second-order valence-electron chi connectivity index (χ2n) is 2.59. The first-order valence-electron chi connectivity index (χ1n) is 3.72. The van der Waals surface area contributed by atoms with Crippen molar-refractivity contribution in [3.05, 3.63) is 34.9 Å². The Bertz CT molecular complexity index is 421. The fourth-order valence-corrected chi connectivity index (χ4v) is 1.11. The fraction of sp³-hybridized carbons (Fsp3) is 0. The van der Waals surface area contributed by atoms with Gasteiger partial charge in [0.1, 0.15) is 0 Å². The molecule has 1 radical (unpaired) electrons. The first kappa shape index (κ1) is 14.2. The normalized spacial score (nSPS) is 9.00. The van der Waals surface area contributed by atoms with Crippen LogP contribution < -0.4 is 15.3 Å². The molecule has 6 nitrogen and oxygen atoms in total. The summed E-state index contributed by atoms with van der Waals surface area (Å²) in [5, 5.41) is 31.5. The Labute approximate surface area is 101 Å². The van der Waals surface area contributed by atoms with E-state index < -0.39 is 34.6 Å². The Morgan fingerprint density at radius 1 is 0.812 bits per heavy atom. The number of rotatable bonds is 3. The molecule has 0 saturated carbocycles. The third-order valence-corrected chi connectivity index (χ3v) is 1.71. The van der Waals surface area contributed by atoms with Gasteiger partial charge in [-0.15, -0.1) is 0 Å². The van der Waals surface area contributed by atoms with Crippen LogP contribution in [0.3, 0.4) is 0 Å². The van der Waals surface area contributed by atoms with E-state index in [-0.39, 0.29) is 18.6 Å².